The van der Waals surface area contributed by atoms with Crippen molar-refractivity contribution >= 4 is 11.9 Å². The molecule has 4 aliphatic rings. The summed E-state index contributed by atoms with van der Waals surface area (Å²) in [5.74, 6) is -0.790. The predicted octanol–water partition coefficient (Wildman–Crippen LogP) is 0.782. The third-order valence-corrected chi connectivity index (χ3v) is 7.08. The minimum absolute atomic E-state index is 0.123. The van der Waals surface area contributed by atoms with Gasteiger partial charge in [-0.1, -0.05) is 0 Å². The molecule has 6 heterocycles. The number of hydrogen-bond donors (Lipinski definition) is 4. The molecule has 6 rings (SSSR count). The van der Waals surface area contributed by atoms with Crippen LogP contribution in [-0.4, -0.2) is 121 Å². The van der Waals surface area contributed by atoms with E-state index < -0.39 is 5.97 Å². The second-order valence-corrected chi connectivity index (χ2v) is 9.93. The van der Waals surface area contributed by atoms with Crippen LogP contribution in [0.1, 0.15) is 43.5 Å². The smallest absolute Gasteiger partial charge is 0.352 e. The predicted molar refractivity (Wildman–Crippen MR) is 139 cm³/mol. The van der Waals surface area contributed by atoms with E-state index in [9.17, 15) is 9.59 Å². The lowest BCUT2D eigenvalue weighted by atomic mass is 10.2. The van der Waals surface area contributed by atoms with Crippen LogP contribution in [0.5, 0.6) is 0 Å². The molecule has 0 saturated carbocycles. The summed E-state index contributed by atoms with van der Waals surface area (Å²) in [5.41, 5.74) is 5.25. The lowest BCUT2D eigenvalue weighted by Crippen LogP contribution is -2.47. The Morgan fingerprint density at radius 2 is 1.30 bits per heavy atom. The summed E-state index contributed by atoms with van der Waals surface area (Å²) in [6, 6.07) is 3.59. The Kier molecular flexibility index (Phi) is 9.75. The number of carbonyl (C=O) groups excluding carboxylic acids is 1. The van der Waals surface area contributed by atoms with Crippen molar-refractivity contribution in [3.05, 3.63) is 46.0 Å². The highest BCUT2D eigenvalue weighted by Crippen LogP contribution is 2.19. The Hall–Kier alpha value is -2.70. The Balaban J connectivity index is 0.000000144. The molecule has 2 saturated heterocycles. The maximum atomic E-state index is 12.4. The van der Waals surface area contributed by atoms with E-state index in [1.807, 2.05) is 11.0 Å². The highest BCUT2D eigenvalue weighted by molar-refractivity contribution is 5.93. The van der Waals surface area contributed by atoms with Crippen LogP contribution in [-0.2, 0) is 35.5 Å². The second kappa shape index (κ2) is 13.2. The van der Waals surface area contributed by atoms with Gasteiger partial charge >= 0.3 is 5.97 Å². The van der Waals surface area contributed by atoms with Crippen LogP contribution < -0.4 is 5.32 Å². The Labute approximate surface area is 218 Å². The topological polar surface area (TPSA) is 126 Å². The molecule has 2 aromatic heterocycles. The number of nitrogens with one attached hydrogen (secondary N) is 3. The third-order valence-electron chi connectivity index (χ3n) is 7.08. The van der Waals surface area contributed by atoms with E-state index in [2.05, 4.69) is 39.2 Å². The Morgan fingerprint density at radius 1 is 0.784 bits per heavy atom. The molecule has 0 aromatic carbocycles. The summed E-state index contributed by atoms with van der Waals surface area (Å²) in [7, 11) is 4.24. The number of carboxylic acids is 1. The van der Waals surface area contributed by atoms with Crippen molar-refractivity contribution in [1.29, 1.82) is 0 Å². The number of carboxylic acid groups (broad SMARTS) is 1. The number of aromatic carboxylic acids is 1. The van der Waals surface area contributed by atoms with Crippen molar-refractivity contribution in [2.75, 3.05) is 79.7 Å². The first-order valence-corrected chi connectivity index (χ1v) is 13.1. The fraction of sp³-hybridized carbons (Fsp3) is 0.615. The van der Waals surface area contributed by atoms with Gasteiger partial charge in [0.05, 0.1) is 26.4 Å². The lowest BCUT2D eigenvalue weighted by Gasteiger charge is -2.32. The minimum Gasteiger partial charge on any atom is -0.477 e. The molecule has 11 nitrogen and oxygen atoms in total. The first-order valence-electron chi connectivity index (χ1n) is 13.1. The number of piperazine rings is 2. The van der Waals surface area contributed by atoms with Gasteiger partial charge in [0.15, 0.2) is 0 Å². The molecule has 1 amide bonds. The van der Waals surface area contributed by atoms with Gasteiger partial charge in [0, 0.05) is 76.6 Å². The first-order chi connectivity index (χ1) is 17.9. The van der Waals surface area contributed by atoms with E-state index in [0.717, 1.165) is 81.2 Å². The molecule has 0 bridgehead atoms. The molecule has 2 fully saturated rings. The lowest BCUT2D eigenvalue weighted by molar-refractivity contribution is 0.0656. The second-order valence-electron chi connectivity index (χ2n) is 9.93. The van der Waals surface area contributed by atoms with Crippen LogP contribution in [0.25, 0.3) is 0 Å². The molecule has 0 spiro atoms. The van der Waals surface area contributed by atoms with Gasteiger partial charge in [-0.05, 0) is 37.4 Å². The number of aromatic nitrogens is 2. The summed E-state index contributed by atoms with van der Waals surface area (Å²) >= 11 is 0. The van der Waals surface area contributed by atoms with Gasteiger partial charge in [0.25, 0.3) is 5.91 Å². The van der Waals surface area contributed by atoms with Crippen molar-refractivity contribution in [2.24, 2.45) is 0 Å². The molecule has 2 aromatic rings. The molecule has 37 heavy (non-hydrogen) atoms. The number of rotatable bonds is 2. The van der Waals surface area contributed by atoms with Crippen molar-refractivity contribution in [3.63, 3.8) is 0 Å². The van der Waals surface area contributed by atoms with Gasteiger partial charge in [0.1, 0.15) is 11.4 Å². The molecule has 204 valence electrons. The minimum atomic E-state index is -0.913. The highest BCUT2D eigenvalue weighted by atomic mass is 16.5. The van der Waals surface area contributed by atoms with E-state index in [1.165, 1.54) is 18.8 Å². The third kappa shape index (κ3) is 7.65. The maximum absolute atomic E-state index is 12.4. The number of amides is 1. The zero-order valence-corrected chi connectivity index (χ0v) is 22.0. The fourth-order valence-electron chi connectivity index (χ4n) is 4.68. The normalized spacial score (nSPS) is 20.0. The molecule has 11 heteroatoms. The molecule has 0 aliphatic carbocycles. The SMILES string of the molecule is CN1CCN(C(=O)c2cc3c([nH]2)CCOC3)CC1.CN1CCNCC1.O=C(O)c1cc2c([nH]1)CCOC2. The largest absolute Gasteiger partial charge is 0.477 e. The van der Waals surface area contributed by atoms with E-state index in [-0.39, 0.29) is 11.6 Å². The van der Waals surface area contributed by atoms with Crippen LogP contribution in [0.15, 0.2) is 12.1 Å². The van der Waals surface area contributed by atoms with Gasteiger partial charge in [-0.15, -0.1) is 0 Å². The monoisotopic (exact) mass is 516 g/mol. The molecular formula is C26H40N6O5. The zero-order valence-electron chi connectivity index (χ0n) is 22.0. The van der Waals surface area contributed by atoms with Crippen molar-refractivity contribution in [3.8, 4) is 0 Å². The zero-order chi connectivity index (χ0) is 26.2. The standard InChI is InChI=1S/C13H19N3O2.C8H9NO3.C5H12N2/c1-15-3-5-16(6-4-15)13(17)12-8-10-9-18-7-2-11(10)14-12;10-8(11)7-3-5-4-12-2-1-6(5)9-7;1-7-4-2-6-3-5-7/h8,14H,2-7,9H2,1H3;3,9H,1-2,4H2,(H,10,11);6H,2-5H2,1H3. The fourth-order valence-corrected chi connectivity index (χ4v) is 4.68. The van der Waals surface area contributed by atoms with Crippen LogP contribution in [0.2, 0.25) is 0 Å². The van der Waals surface area contributed by atoms with Gasteiger partial charge < -0.3 is 44.6 Å². The van der Waals surface area contributed by atoms with Gasteiger partial charge in [-0.25, -0.2) is 4.79 Å². The number of aromatic amines is 2. The highest BCUT2D eigenvalue weighted by Gasteiger charge is 2.23. The molecule has 0 atom stereocenters. The summed E-state index contributed by atoms with van der Waals surface area (Å²) < 4.78 is 10.6. The summed E-state index contributed by atoms with van der Waals surface area (Å²) in [5, 5.41) is 11.9. The molecule has 0 unspecified atom stereocenters. The summed E-state index contributed by atoms with van der Waals surface area (Å²) in [6.07, 6.45) is 1.66. The van der Waals surface area contributed by atoms with Crippen molar-refractivity contribution in [2.45, 2.75) is 26.1 Å². The first kappa shape index (κ1) is 27.3. The van der Waals surface area contributed by atoms with E-state index in [1.54, 1.807) is 6.07 Å². The average molecular weight is 517 g/mol. The van der Waals surface area contributed by atoms with Gasteiger partial charge in [-0.3, -0.25) is 4.79 Å². The number of hydrogen-bond acceptors (Lipinski definition) is 7. The van der Waals surface area contributed by atoms with Crippen molar-refractivity contribution in [1.82, 2.24) is 30.0 Å². The molecular weight excluding hydrogens is 476 g/mol. The number of ether oxygens (including phenoxy) is 2. The molecule has 4 N–H and O–H groups in total. The van der Waals surface area contributed by atoms with E-state index in [4.69, 9.17) is 14.6 Å². The van der Waals surface area contributed by atoms with Crippen LogP contribution in [0, 0.1) is 0 Å². The number of carbonyl (C=O) groups is 2. The Bertz CT molecular complexity index is 989. The van der Waals surface area contributed by atoms with Crippen molar-refractivity contribution < 1.29 is 24.2 Å². The summed E-state index contributed by atoms with van der Waals surface area (Å²) in [6.45, 7) is 10.9. The van der Waals surface area contributed by atoms with Gasteiger partial charge in [-0.2, -0.15) is 0 Å². The van der Waals surface area contributed by atoms with E-state index in [0.29, 0.717) is 19.8 Å². The number of nitrogens with zero attached hydrogens (tertiary/aromatic N) is 3. The molecule has 0 radical (unpaired) electrons. The van der Waals surface area contributed by atoms with Crippen LogP contribution >= 0.6 is 0 Å². The quantitative estimate of drug-likeness (QED) is 0.462. The molecule has 4 aliphatic heterocycles. The number of H-pyrrole nitrogens is 2. The maximum Gasteiger partial charge on any atom is 0.352 e. The average Bonchev–Trinajstić information content (AvgIpc) is 3.55. The Morgan fingerprint density at radius 3 is 1.78 bits per heavy atom. The van der Waals surface area contributed by atoms with E-state index >= 15 is 0 Å². The van der Waals surface area contributed by atoms with Crippen LogP contribution in [0.4, 0.5) is 0 Å². The number of fused-ring (bicyclic) bond motifs is 2. The number of likely N-dealkylation sites (N-methyl/N-ethyl adjacent to an activating group) is 2. The summed E-state index contributed by atoms with van der Waals surface area (Å²) in [4.78, 5) is 35.5. The van der Waals surface area contributed by atoms with Crippen LogP contribution in [0.3, 0.4) is 0 Å². The van der Waals surface area contributed by atoms with Gasteiger partial charge in [0.2, 0.25) is 0 Å².